The molecule has 0 saturated heterocycles. The lowest BCUT2D eigenvalue weighted by Crippen LogP contribution is -2.15. The second kappa shape index (κ2) is 11.0. The highest BCUT2D eigenvalue weighted by Crippen LogP contribution is 1.94. The number of ether oxygens (including phenoxy) is 2. The van der Waals surface area contributed by atoms with E-state index in [0.717, 1.165) is 39.1 Å². The van der Waals surface area contributed by atoms with Gasteiger partial charge in [0.15, 0.2) is 0 Å². The van der Waals surface area contributed by atoms with Gasteiger partial charge in [-0.05, 0) is 26.2 Å². The standard InChI is InChI=1S/C11H25NO2/c1-3-4-7-13-9-10-14-8-5-6-11(2)12/h11H,3-10,12H2,1-2H3. The van der Waals surface area contributed by atoms with Crippen LogP contribution >= 0.6 is 0 Å². The lowest BCUT2D eigenvalue weighted by Gasteiger charge is -2.06. The second-order valence-corrected chi connectivity index (χ2v) is 3.70. The summed E-state index contributed by atoms with van der Waals surface area (Å²) in [5.41, 5.74) is 5.61. The first kappa shape index (κ1) is 13.9. The van der Waals surface area contributed by atoms with Crippen molar-refractivity contribution in [1.29, 1.82) is 0 Å². The van der Waals surface area contributed by atoms with E-state index in [1.54, 1.807) is 0 Å². The van der Waals surface area contributed by atoms with Gasteiger partial charge in [-0.3, -0.25) is 0 Å². The van der Waals surface area contributed by atoms with Crippen molar-refractivity contribution in [2.24, 2.45) is 5.73 Å². The summed E-state index contributed by atoms with van der Waals surface area (Å²) in [5.74, 6) is 0. The van der Waals surface area contributed by atoms with E-state index in [9.17, 15) is 0 Å². The summed E-state index contributed by atoms with van der Waals surface area (Å²) in [6.07, 6.45) is 4.42. The minimum atomic E-state index is 0.291. The van der Waals surface area contributed by atoms with Crippen molar-refractivity contribution >= 4 is 0 Å². The lowest BCUT2D eigenvalue weighted by molar-refractivity contribution is 0.0451. The summed E-state index contributed by atoms with van der Waals surface area (Å²) in [6, 6.07) is 0.291. The van der Waals surface area contributed by atoms with E-state index < -0.39 is 0 Å². The Morgan fingerprint density at radius 2 is 1.57 bits per heavy atom. The molecule has 0 saturated carbocycles. The van der Waals surface area contributed by atoms with Gasteiger partial charge in [-0.15, -0.1) is 0 Å². The summed E-state index contributed by atoms with van der Waals surface area (Å²) >= 11 is 0. The Kier molecular flexibility index (Phi) is 10.9. The van der Waals surface area contributed by atoms with Crippen molar-refractivity contribution in [3.05, 3.63) is 0 Å². The Balaban J connectivity index is 2.85. The summed E-state index contributed by atoms with van der Waals surface area (Å²) in [4.78, 5) is 0. The number of rotatable bonds is 10. The first-order chi connectivity index (χ1) is 6.77. The molecule has 2 N–H and O–H groups in total. The highest BCUT2D eigenvalue weighted by atomic mass is 16.5. The summed E-state index contributed by atoms with van der Waals surface area (Å²) in [7, 11) is 0. The van der Waals surface area contributed by atoms with Gasteiger partial charge in [-0.2, -0.15) is 0 Å². The Morgan fingerprint density at radius 1 is 1.00 bits per heavy atom. The Morgan fingerprint density at radius 3 is 2.07 bits per heavy atom. The van der Waals surface area contributed by atoms with Crippen molar-refractivity contribution < 1.29 is 9.47 Å². The molecule has 0 aliphatic carbocycles. The molecule has 0 spiro atoms. The van der Waals surface area contributed by atoms with Crippen LogP contribution in [0.3, 0.4) is 0 Å². The molecule has 0 fully saturated rings. The van der Waals surface area contributed by atoms with Crippen LogP contribution in [0.4, 0.5) is 0 Å². The van der Waals surface area contributed by atoms with Gasteiger partial charge in [0.1, 0.15) is 0 Å². The molecular formula is C11H25NO2. The van der Waals surface area contributed by atoms with Crippen LogP contribution in [-0.4, -0.2) is 32.5 Å². The fourth-order valence-electron chi connectivity index (χ4n) is 1.08. The molecule has 0 amide bonds. The topological polar surface area (TPSA) is 44.5 Å². The van der Waals surface area contributed by atoms with E-state index in [1.165, 1.54) is 6.42 Å². The maximum atomic E-state index is 5.61. The third kappa shape index (κ3) is 11.9. The van der Waals surface area contributed by atoms with Crippen LogP contribution in [0.2, 0.25) is 0 Å². The van der Waals surface area contributed by atoms with Crippen LogP contribution < -0.4 is 5.73 Å². The predicted octanol–water partition coefficient (Wildman–Crippen LogP) is 1.95. The molecule has 1 atom stereocenters. The molecule has 0 bridgehead atoms. The third-order valence-corrected chi connectivity index (χ3v) is 1.96. The molecule has 0 aromatic rings. The van der Waals surface area contributed by atoms with E-state index in [-0.39, 0.29) is 0 Å². The summed E-state index contributed by atoms with van der Waals surface area (Å²) < 4.78 is 10.7. The fourth-order valence-corrected chi connectivity index (χ4v) is 1.08. The van der Waals surface area contributed by atoms with Crippen molar-refractivity contribution in [3.63, 3.8) is 0 Å². The normalized spacial score (nSPS) is 13.1. The maximum absolute atomic E-state index is 5.61. The van der Waals surface area contributed by atoms with Gasteiger partial charge < -0.3 is 15.2 Å². The van der Waals surface area contributed by atoms with Gasteiger partial charge in [0, 0.05) is 19.3 Å². The first-order valence-corrected chi connectivity index (χ1v) is 5.68. The highest BCUT2D eigenvalue weighted by Gasteiger charge is 1.94. The Labute approximate surface area is 88.0 Å². The predicted molar refractivity (Wildman–Crippen MR) is 59.4 cm³/mol. The monoisotopic (exact) mass is 203 g/mol. The van der Waals surface area contributed by atoms with E-state index >= 15 is 0 Å². The van der Waals surface area contributed by atoms with Crippen LogP contribution in [0.1, 0.15) is 39.5 Å². The molecule has 3 heteroatoms. The fraction of sp³-hybridized carbons (Fsp3) is 1.00. The minimum absolute atomic E-state index is 0.291. The zero-order valence-electron chi connectivity index (χ0n) is 9.63. The van der Waals surface area contributed by atoms with Crippen LogP contribution in [0, 0.1) is 0 Å². The summed E-state index contributed by atoms with van der Waals surface area (Å²) in [5, 5.41) is 0. The van der Waals surface area contributed by atoms with Gasteiger partial charge >= 0.3 is 0 Å². The highest BCUT2D eigenvalue weighted by molar-refractivity contribution is 4.51. The molecule has 0 heterocycles. The Bertz CT molecular complexity index is 107. The number of nitrogens with two attached hydrogens (primary N) is 1. The SMILES string of the molecule is CCCCOCCOCCCC(C)N. The van der Waals surface area contributed by atoms with Crippen LogP contribution in [-0.2, 0) is 9.47 Å². The molecule has 0 radical (unpaired) electrons. The number of hydrogen-bond acceptors (Lipinski definition) is 3. The summed E-state index contributed by atoms with van der Waals surface area (Å²) in [6.45, 7) is 7.28. The molecule has 0 aromatic heterocycles. The molecule has 0 aliphatic heterocycles. The van der Waals surface area contributed by atoms with Gasteiger partial charge in [0.25, 0.3) is 0 Å². The van der Waals surface area contributed by atoms with Crippen LogP contribution in [0.15, 0.2) is 0 Å². The smallest absolute Gasteiger partial charge is 0.0700 e. The zero-order chi connectivity index (χ0) is 10.6. The molecule has 0 rings (SSSR count). The Hall–Kier alpha value is -0.120. The average molecular weight is 203 g/mol. The van der Waals surface area contributed by atoms with E-state index in [1.807, 2.05) is 6.92 Å². The molecular weight excluding hydrogens is 178 g/mol. The molecule has 14 heavy (non-hydrogen) atoms. The van der Waals surface area contributed by atoms with Crippen molar-refractivity contribution in [1.82, 2.24) is 0 Å². The molecule has 0 aromatic carbocycles. The van der Waals surface area contributed by atoms with E-state index in [2.05, 4.69) is 6.92 Å². The zero-order valence-corrected chi connectivity index (χ0v) is 9.63. The minimum Gasteiger partial charge on any atom is -0.379 e. The van der Waals surface area contributed by atoms with Crippen LogP contribution in [0.25, 0.3) is 0 Å². The van der Waals surface area contributed by atoms with Gasteiger partial charge in [-0.25, -0.2) is 0 Å². The van der Waals surface area contributed by atoms with Gasteiger partial charge in [-0.1, -0.05) is 13.3 Å². The first-order valence-electron chi connectivity index (χ1n) is 5.68. The number of unbranched alkanes of at least 4 members (excludes halogenated alkanes) is 1. The molecule has 3 nitrogen and oxygen atoms in total. The maximum Gasteiger partial charge on any atom is 0.0700 e. The van der Waals surface area contributed by atoms with E-state index in [4.69, 9.17) is 15.2 Å². The second-order valence-electron chi connectivity index (χ2n) is 3.70. The van der Waals surface area contributed by atoms with E-state index in [0.29, 0.717) is 12.6 Å². The number of hydrogen-bond donors (Lipinski definition) is 1. The van der Waals surface area contributed by atoms with Gasteiger partial charge in [0.05, 0.1) is 13.2 Å². The quantitative estimate of drug-likeness (QED) is 0.552. The molecule has 0 aliphatic rings. The van der Waals surface area contributed by atoms with Crippen molar-refractivity contribution in [2.75, 3.05) is 26.4 Å². The molecule has 86 valence electrons. The third-order valence-electron chi connectivity index (χ3n) is 1.96. The van der Waals surface area contributed by atoms with Crippen LogP contribution in [0.5, 0.6) is 0 Å². The average Bonchev–Trinajstić information content (AvgIpc) is 2.15. The van der Waals surface area contributed by atoms with Crippen molar-refractivity contribution in [3.8, 4) is 0 Å². The van der Waals surface area contributed by atoms with Gasteiger partial charge in [0.2, 0.25) is 0 Å². The lowest BCUT2D eigenvalue weighted by atomic mass is 10.2. The van der Waals surface area contributed by atoms with Crippen molar-refractivity contribution in [2.45, 2.75) is 45.6 Å². The molecule has 1 unspecified atom stereocenters. The largest absolute Gasteiger partial charge is 0.379 e.